The van der Waals surface area contributed by atoms with Gasteiger partial charge in [-0.15, -0.1) is 0 Å². The molecule has 2 heterocycles. The minimum absolute atomic E-state index is 0.139. The van der Waals surface area contributed by atoms with Crippen LogP contribution in [-0.4, -0.2) is 15.5 Å². The van der Waals surface area contributed by atoms with E-state index in [1.165, 1.54) is 0 Å². The normalized spacial score (nSPS) is 10.7. The van der Waals surface area contributed by atoms with Crippen LogP contribution < -0.4 is 5.32 Å². The third kappa shape index (κ3) is 2.16. The third-order valence-corrected chi connectivity index (χ3v) is 3.30. The van der Waals surface area contributed by atoms with Crippen LogP contribution in [-0.2, 0) is 7.05 Å². The number of para-hydroxylation sites is 1. The van der Waals surface area contributed by atoms with Gasteiger partial charge in [-0.2, -0.15) is 0 Å². The maximum atomic E-state index is 12.4. The smallest absolute Gasteiger partial charge is 0.258 e. The van der Waals surface area contributed by atoms with Gasteiger partial charge in [0.25, 0.3) is 5.91 Å². The summed E-state index contributed by atoms with van der Waals surface area (Å²) >= 11 is 0. The molecule has 4 heteroatoms. The maximum Gasteiger partial charge on any atom is 0.258 e. The third-order valence-electron chi connectivity index (χ3n) is 3.30. The van der Waals surface area contributed by atoms with Crippen molar-refractivity contribution in [2.45, 2.75) is 6.92 Å². The fourth-order valence-electron chi connectivity index (χ4n) is 2.31. The predicted molar refractivity (Wildman–Crippen MR) is 79.8 cm³/mol. The van der Waals surface area contributed by atoms with Gasteiger partial charge in [-0.1, -0.05) is 18.2 Å². The Balaban J connectivity index is 1.97. The SMILES string of the molecule is Cc1ccnc(NC(=O)c2cn(C)c3ccccc23)c1. The lowest BCUT2D eigenvalue weighted by atomic mass is 10.1. The molecule has 0 fully saturated rings. The summed E-state index contributed by atoms with van der Waals surface area (Å²) in [5.41, 5.74) is 2.76. The van der Waals surface area contributed by atoms with Crippen molar-refractivity contribution in [2.24, 2.45) is 7.05 Å². The molecular formula is C16H15N3O. The Morgan fingerprint density at radius 3 is 2.85 bits per heavy atom. The number of nitrogens with one attached hydrogen (secondary N) is 1. The molecule has 20 heavy (non-hydrogen) atoms. The lowest BCUT2D eigenvalue weighted by Crippen LogP contribution is -2.12. The highest BCUT2D eigenvalue weighted by molar-refractivity contribution is 6.12. The van der Waals surface area contributed by atoms with E-state index in [9.17, 15) is 4.79 Å². The number of fused-ring (bicyclic) bond motifs is 1. The van der Waals surface area contributed by atoms with Crippen molar-refractivity contribution in [1.29, 1.82) is 0 Å². The van der Waals surface area contributed by atoms with Crippen LogP contribution in [0.4, 0.5) is 5.82 Å². The molecule has 0 aliphatic heterocycles. The van der Waals surface area contributed by atoms with Crippen molar-refractivity contribution in [3.63, 3.8) is 0 Å². The average Bonchev–Trinajstić information content (AvgIpc) is 2.77. The van der Waals surface area contributed by atoms with Crippen molar-refractivity contribution in [2.75, 3.05) is 5.32 Å². The summed E-state index contributed by atoms with van der Waals surface area (Å²) in [6.07, 6.45) is 3.53. The molecule has 100 valence electrons. The molecule has 1 amide bonds. The van der Waals surface area contributed by atoms with Gasteiger partial charge < -0.3 is 9.88 Å². The summed E-state index contributed by atoms with van der Waals surface area (Å²) in [7, 11) is 1.93. The van der Waals surface area contributed by atoms with Gasteiger partial charge in [0.2, 0.25) is 0 Å². The average molecular weight is 265 g/mol. The number of benzene rings is 1. The van der Waals surface area contributed by atoms with Crippen LogP contribution >= 0.6 is 0 Å². The highest BCUT2D eigenvalue weighted by Gasteiger charge is 2.13. The van der Waals surface area contributed by atoms with Crippen molar-refractivity contribution in [1.82, 2.24) is 9.55 Å². The maximum absolute atomic E-state index is 12.4. The Hall–Kier alpha value is -2.62. The monoisotopic (exact) mass is 265 g/mol. The molecule has 3 rings (SSSR count). The number of aromatic nitrogens is 2. The fourth-order valence-corrected chi connectivity index (χ4v) is 2.31. The number of pyridine rings is 1. The summed E-state index contributed by atoms with van der Waals surface area (Å²) in [6, 6.07) is 11.6. The zero-order valence-electron chi connectivity index (χ0n) is 11.4. The van der Waals surface area contributed by atoms with E-state index < -0.39 is 0 Å². The molecule has 0 atom stereocenters. The summed E-state index contributed by atoms with van der Waals surface area (Å²) in [6.45, 7) is 1.97. The molecule has 4 nitrogen and oxygen atoms in total. The van der Waals surface area contributed by atoms with Crippen molar-refractivity contribution >= 4 is 22.6 Å². The quantitative estimate of drug-likeness (QED) is 0.773. The molecule has 1 N–H and O–H groups in total. The number of nitrogens with zero attached hydrogens (tertiary/aromatic N) is 2. The minimum Gasteiger partial charge on any atom is -0.350 e. The lowest BCUT2D eigenvalue weighted by Gasteiger charge is -2.04. The molecule has 0 aliphatic carbocycles. The van der Waals surface area contributed by atoms with E-state index in [4.69, 9.17) is 0 Å². The summed E-state index contributed by atoms with van der Waals surface area (Å²) < 4.78 is 1.95. The molecule has 0 bridgehead atoms. The second-order valence-corrected chi connectivity index (χ2v) is 4.84. The number of rotatable bonds is 2. The van der Waals surface area contributed by atoms with E-state index in [2.05, 4.69) is 10.3 Å². The van der Waals surface area contributed by atoms with E-state index in [0.29, 0.717) is 11.4 Å². The van der Waals surface area contributed by atoms with Gasteiger partial charge in [0.1, 0.15) is 5.82 Å². The molecular weight excluding hydrogens is 250 g/mol. The molecule has 3 aromatic rings. The van der Waals surface area contributed by atoms with Gasteiger partial charge in [0.05, 0.1) is 5.56 Å². The molecule has 0 saturated carbocycles. The second kappa shape index (κ2) is 4.81. The first kappa shape index (κ1) is 12.4. The molecule has 1 aromatic carbocycles. The van der Waals surface area contributed by atoms with E-state index >= 15 is 0 Å². The molecule has 0 saturated heterocycles. The molecule has 0 unspecified atom stereocenters. The zero-order valence-corrected chi connectivity index (χ0v) is 11.4. The Morgan fingerprint density at radius 1 is 1.25 bits per heavy atom. The summed E-state index contributed by atoms with van der Waals surface area (Å²) in [5, 5.41) is 3.79. The van der Waals surface area contributed by atoms with Gasteiger partial charge in [-0.3, -0.25) is 4.79 Å². The standard InChI is InChI=1S/C16H15N3O/c1-11-7-8-17-15(9-11)18-16(20)13-10-19(2)14-6-4-3-5-12(13)14/h3-10H,1-2H3,(H,17,18,20). The van der Waals surface area contributed by atoms with E-state index in [1.807, 2.05) is 61.1 Å². The Kier molecular flexibility index (Phi) is 2.99. The molecule has 0 spiro atoms. The van der Waals surface area contributed by atoms with Crippen LogP contribution in [0.1, 0.15) is 15.9 Å². The number of hydrogen-bond donors (Lipinski definition) is 1. The highest BCUT2D eigenvalue weighted by Crippen LogP contribution is 2.21. The summed E-state index contributed by atoms with van der Waals surface area (Å²) in [4.78, 5) is 16.5. The predicted octanol–water partition coefficient (Wildman–Crippen LogP) is 3.13. The number of aryl methyl sites for hydroxylation is 2. The zero-order chi connectivity index (χ0) is 14.1. The molecule has 0 radical (unpaired) electrons. The van der Waals surface area contributed by atoms with Crippen LogP contribution in [0.3, 0.4) is 0 Å². The van der Waals surface area contributed by atoms with Crippen molar-refractivity contribution < 1.29 is 4.79 Å². The van der Waals surface area contributed by atoms with Crippen LogP contribution in [0.2, 0.25) is 0 Å². The van der Waals surface area contributed by atoms with E-state index in [0.717, 1.165) is 16.5 Å². The first-order valence-corrected chi connectivity index (χ1v) is 6.43. The van der Waals surface area contributed by atoms with Gasteiger partial charge in [0.15, 0.2) is 0 Å². The van der Waals surface area contributed by atoms with Crippen molar-refractivity contribution in [3.8, 4) is 0 Å². The largest absolute Gasteiger partial charge is 0.350 e. The fraction of sp³-hybridized carbons (Fsp3) is 0.125. The number of carbonyl (C=O) groups is 1. The van der Waals surface area contributed by atoms with Crippen LogP contribution in [0.25, 0.3) is 10.9 Å². The van der Waals surface area contributed by atoms with Crippen molar-refractivity contribution in [3.05, 3.63) is 59.9 Å². The number of amides is 1. The van der Waals surface area contributed by atoms with Gasteiger partial charge in [-0.25, -0.2) is 4.98 Å². The van der Waals surface area contributed by atoms with Gasteiger partial charge in [0, 0.05) is 30.3 Å². The summed E-state index contributed by atoms with van der Waals surface area (Å²) in [5.74, 6) is 0.433. The topological polar surface area (TPSA) is 46.9 Å². The van der Waals surface area contributed by atoms with E-state index in [-0.39, 0.29) is 5.91 Å². The van der Waals surface area contributed by atoms with Crippen LogP contribution in [0.5, 0.6) is 0 Å². The van der Waals surface area contributed by atoms with Gasteiger partial charge in [-0.05, 0) is 30.7 Å². The Labute approximate surface area is 117 Å². The first-order chi connectivity index (χ1) is 9.65. The Morgan fingerprint density at radius 2 is 2.05 bits per heavy atom. The number of hydrogen-bond acceptors (Lipinski definition) is 2. The highest BCUT2D eigenvalue weighted by atomic mass is 16.1. The van der Waals surface area contributed by atoms with Crippen LogP contribution in [0, 0.1) is 6.92 Å². The first-order valence-electron chi connectivity index (χ1n) is 6.43. The lowest BCUT2D eigenvalue weighted by molar-refractivity contribution is 0.102. The van der Waals surface area contributed by atoms with Gasteiger partial charge >= 0.3 is 0 Å². The molecule has 2 aromatic heterocycles. The number of carbonyl (C=O) groups excluding carboxylic acids is 1. The second-order valence-electron chi connectivity index (χ2n) is 4.84. The minimum atomic E-state index is -0.139. The van der Waals surface area contributed by atoms with E-state index in [1.54, 1.807) is 6.20 Å². The Bertz CT molecular complexity index is 789. The van der Waals surface area contributed by atoms with Crippen LogP contribution in [0.15, 0.2) is 48.8 Å². The molecule has 0 aliphatic rings. The number of anilines is 1.